The summed E-state index contributed by atoms with van der Waals surface area (Å²) < 4.78 is 12.5. The molecule has 0 saturated carbocycles. The second kappa shape index (κ2) is 15.2. The molecule has 1 aromatic heterocycles. The fourth-order valence-corrected chi connectivity index (χ4v) is 5.46. The molecule has 0 bridgehead atoms. The van der Waals surface area contributed by atoms with Crippen LogP contribution in [0.25, 0.3) is 22.1 Å². The Morgan fingerprint density at radius 2 is 1.53 bits per heavy atom. The molecule has 246 valence electrons. The minimum atomic E-state index is -0.374. The van der Waals surface area contributed by atoms with E-state index >= 15 is 0 Å². The summed E-state index contributed by atoms with van der Waals surface area (Å²) >= 11 is 0. The molecule has 5 aromatic carbocycles. The highest BCUT2D eigenvalue weighted by atomic mass is 16.5. The Morgan fingerprint density at radius 3 is 2.22 bits per heavy atom. The first-order valence-electron chi connectivity index (χ1n) is 16.2. The molecule has 0 radical (unpaired) electrons. The van der Waals surface area contributed by atoms with Crippen LogP contribution in [0.15, 0.2) is 137 Å². The first-order valence-corrected chi connectivity index (χ1v) is 16.2. The van der Waals surface area contributed by atoms with Crippen LogP contribution in [0.2, 0.25) is 0 Å². The number of benzene rings is 5. The van der Waals surface area contributed by atoms with Crippen LogP contribution in [0.4, 0.5) is 17.1 Å². The van der Waals surface area contributed by atoms with Crippen LogP contribution >= 0.6 is 0 Å². The maximum Gasteiger partial charge on any atom is 0.255 e. The summed E-state index contributed by atoms with van der Waals surface area (Å²) in [6.07, 6.45) is 4.16. The number of ether oxygens (including phenoxy) is 1. The highest BCUT2D eigenvalue weighted by Gasteiger charge is 2.14. The number of anilines is 2. The SMILES string of the molecule is CN(C)c1ccc(-c2ccc(/[N+]([O-])=C\c3cc(=O)c4cccc(NC(=O)c5ccc(OCCCCc6ccccc6)cc5)c4o3)cc2)cc1. The zero-order chi connectivity index (χ0) is 34.2. The number of nitrogens with zero attached hydrogens (tertiary/aromatic N) is 2. The molecule has 0 aliphatic carbocycles. The Hall–Kier alpha value is -6.15. The van der Waals surface area contributed by atoms with Crippen LogP contribution < -0.4 is 20.4 Å². The summed E-state index contributed by atoms with van der Waals surface area (Å²) in [5.74, 6) is 0.367. The maximum atomic E-state index is 13.2. The first kappa shape index (κ1) is 32.8. The van der Waals surface area contributed by atoms with Crippen molar-refractivity contribution in [1.82, 2.24) is 0 Å². The van der Waals surface area contributed by atoms with Gasteiger partial charge in [0.2, 0.25) is 11.9 Å². The second-order valence-electron chi connectivity index (χ2n) is 11.9. The lowest BCUT2D eigenvalue weighted by Crippen LogP contribution is -2.13. The summed E-state index contributed by atoms with van der Waals surface area (Å²) in [4.78, 5) is 28.2. The van der Waals surface area contributed by atoms with Crippen molar-refractivity contribution >= 4 is 40.2 Å². The van der Waals surface area contributed by atoms with Gasteiger partial charge in [-0.1, -0.05) is 48.5 Å². The average molecular weight is 652 g/mol. The van der Waals surface area contributed by atoms with E-state index in [-0.39, 0.29) is 28.1 Å². The molecule has 8 nitrogen and oxygen atoms in total. The van der Waals surface area contributed by atoms with Gasteiger partial charge >= 0.3 is 0 Å². The van der Waals surface area contributed by atoms with Crippen LogP contribution in [0, 0.1) is 5.21 Å². The molecule has 6 aromatic rings. The highest BCUT2D eigenvalue weighted by molar-refractivity contribution is 6.08. The number of para-hydroxylation sites is 1. The van der Waals surface area contributed by atoms with Crippen molar-refractivity contribution in [2.75, 3.05) is 30.9 Å². The molecule has 0 atom stereocenters. The predicted molar refractivity (Wildman–Crippen MR) is 196 cm³/mol. The predicted octanol–water partition coefficient (Wildman–Crippen LogP) is 8.44. The quantitative estimate of drug-likeness (QED) is 0.0469. The Bertz CT molecular complexity index is 2120. The van der Waals surface area contributed by atoms with Gasteiger partial charge in [-0.25, -0.2) is 0 Å². The van der Waals surface area contributed by atoms with Crippen molar-refractivity contribution in [2.24, 2.45) is 0 Å². The molecule has 0 unspecified atom stereocenters. The van der Waals surface area contributed by atoms with Crippen LogP contribution in [-0.4, -0.2) is 37.6 Å². The van der Waals surface area contributed by atoms with Crippen molar-refractivity contribution in [2.45, 2.75) is 19.3 Å². The van der Waals surface area contributed by atoms with E-state index in [0.29, 0.717) is 34.0 Å². The lowest BCUT2D eigenvalue weighted by molar-refractivity contribution is -0.354. The highest BCUT2D eigenvalue weighted by Crippen LogP contribution is 2.26. The number of carbonyl (C=O) groups is 1. The number of hydrogen-bond acceptors (Lipinski definition) is 6. The molecule has 1 heterocycles. The maximum absolute atomic E-state index is 13.2. The van der Waals surface area contributed by atoms with Crippen molar-refractivity contribution < 1.29 is 18.7 Å². The van der Waals surface area contributed by atoms with Crippen LogP contribution in [0.1, 0.15) is 34.5 Å². The van der Waals surface area contributed by atoms with Gasteiger partial charge in [0.05, 0.1) is 17.7 Å². The number of carbonyl (C=O) groups excluding carboxylic acids is 1. The average Bonchev–Trinajstić information content (AvgIpc) is 3.12. The normalized spacial score (nSPS) is 11.3. The molecule has 1 amide bonds. The van der Waals surface area contributed by atoms with Gasteiger partial charge in [0.15, 0.2) is 16.8 Å². The third-order valence-electron chi connectivity index (χ3n) is 8.19. The lowest BCUT2D eigenvalue weighted by Gasteiger charge is -2.12. The molecule has 0 aliphatic heterocycles. The summed E-state index contributed by atoms with van der Waals surface area (Å²) in [6, 6.07) is 38.8. The number of hydrogen-bond donors (Lipinski definition) is 1. The standard InChI is InChI=1S/C41H37N3O5/c1-43(2)33-20-14-30(15-21-33)31-16-22-34(23-17-31)44(47)28-36-27-39(45)37-12-8-13-38(40(37)49-36)42-41(46)32-18-24-35(25-19-32)48-26-7-6-11-29-9-4-3-5-10-29/h3-5,8-10,12-25,27-28H,6-7,11,26H2,1-2H3,(H,42,46)/b44-28+. The molecule has 0 aliphatic rings. The molecule has 1 N–H and O–H groups in total. The van der Waals surface area contributed by atoms with Gasteiger partial charge in [-0.15, -0.1) is 0 Å². The van der Waals surface area contributed by atoms with E-state index in [1.165, 1.54) is 17.8 Å². The van der Waals surface area contributed by atoms with E-state index in [0.717, 1.165) is 36.1 Å². The molecular formula is C41H37N3O5. The topological polar surface area (TPSA) is 97.8 Å². The van der Waals surface area contributed by atoms with Crippen LogP contribution in [-0.2, 0) is 6.42 Å². The monoisotopic (exact) mass is 651 g/mol. The smallest absolute Gasteiger partial charge is 0.255 e. The van der Waals surface area contributed by atoms with Gasteiger partial charge in [-0.05, 0) is 96.6 Å². The Morgan fingerprint density at radius 1 is 0.837 bits per heavy atom. The van der Waals surface area contributed by atoms with Crippen molar-refractivity contribution in [3.63, 3.8) is 0 Å². The molecule has 0 fully saturated rings. The van der Waals surface area contributed by atoms with Crippen molar-refractivity contribution in [3.8, 4) is 16.9 Å². The molecule has 8 heteroatoms. The van der Waals surface area contributed by atoms with E-state index < -0.39 is 0 Å². The van der Waals surface area contributed by atoms with Gasteiger partial charge in [0.25, 0.3) is 5.91 Å². The zero-order valence-corrected chi connectivity index (χ0v) is 27.5. The lowest BCUT2D eigenvalue weighted by atomic mass is 10.0. The van der Waals surface area contributed by atoms with Crippen LogP contribution in [0.5, 0.6) is 5.75 Å². The molecule has 6 rings (SSSR count). The minimum Gasteiger partial charge on any atom is -0.618 e. The number of nitrogens with one attached hydrogen (secondary N) is 1. The van der Waals surface area contributed by atoms with Gasteiger partial charge < -0.3 is 24.6 Å². The van der Waals surface area contributed by atoms with Crippen molar-refractivity contribution in [3.05, 3.63) is 160 Å². The number of unbranched alkanes of at least 4 members (excludes halogenated alkanes) is 1. The molecule has 49 heavy (non-hydrogen) atoms. The number of aryl methyl sites for hydroxylation is 1. The molecular weight excluding hydrogens is 614 g/mol. The summed E-state index contributed by atoms with van der Waals surface area (Å²) in [5, 5.41) is 16.2. The number of fused-ring (bicyclic) bond motifs is 1. The van der Waals surface area contributed by atoms with Crippen LogP contribution in [0.3, 0.4) is 0 Å². The third kappa shape index (κ3) is 8.23. The fourth-order valence-electron chi connectivity index (χ4n) is 5.46. The van der Waals surface area contributed by atoms with E-state index in [4.69, 9.17) is 9.15 Å². The van der Waals surface area contributed by atoms with E-state index in [9.17, 15) is 14.8 Å². The summed E-state index contributed by atoms with van der Waals surface area (Å²) in [6.45, 7) is 0.588. The fraction of sp³-hybridized carbons (Fsp3) is 0.146. The number of amides is 1. The van der Waals surface area contributed by atoms with Gasteiger partial charge in [-0.2, -0.15) is 4.74 Å². The van der Waals surface area contributed by atoms with E-state index in [2.05, 4.69) is 17.4 Å². The van der Waals surface area contributed by atoms with Gasteiger partial charge in [0.1, 0.15) is 5.75 Å². The van der Waals surface area contributed by atoms with Gasteiger partial charge in [-0.3, -0.25) is 9.59 Å². The number of rotatable bonds is 12. The van der Waals surface area contributed by atoms with E-state index in [1.54, 1.807) is 54.6 Å². The van der Waals surface area contributed by atoms with E-state index in [1.807, 2.05) is 73.6 Å². The largest absolute Gasteiger partial charge is 0.618 e. The third-order valence-corrected chi connectivity index (χ3v) is 8.19. The summed E-state index contributed by atoms with van der Waals surface area (Å²) in [5.41, 5.74) is 5.36. The molecule has 0 spiro atoms. The minimum absolute atomic E-state index is 0.0582. The first-order chi connectivity index (χ1) is 23.8. The zero-order valence-electron chi connectivity index (χ0n) is 27.5. The summed E-state index contributed by atoms with van der Waals surface area (Å²) in [7, 11) is 3.98. The van der Waals surface area contributed by atoms with Crippen molar-refractivity contribution in [1.29, 1.82) is 0 Å². The second-order valence-corrected chi connectivity index (χ2v) is 11.9. The Kier molecular flexibility index (Phi) is 10.1. The molecule has 0 saturated heterocycles. The van der Waals surface area contributed by atoms with Gasteiger partial charge in [0, 0.05) is 43.5 Å². The Labute approximate surface area is 285 Å². The Balaban J connectivity index is 1.11.